The fourth-order valence-corrected chi connectivity index (χ4v) is 2.84. The van der Waals surface area contributed by atoms with E-state index in [4.69, 9.17) is 4.42 Å². The second kappa shape index (κ2) is 6.96. The molecule has 28 heavy (non-hydrogen) atoms. The van der Waals surface area contributed by atoms with Crippen molar-refractivity contribution in [2.45, 2.75) is 6.92 Å². The van der Waals surface area contributed by atoms with Crippen molar-refractivity contribution in [3.05, 3.63) is 81.9 Å². The van der Waals surface area contributed by atoms with Gasteiger partial charge in [-0.2, -0.15) is 0 Å². The Bertz CT molecular complexity index is 1230. The Kier molecular flexibility index (Phi) is 4.33. The van der Waals surface area contributed by atoms with Gasteiger partial charge in [-0.05, 0) is 42.8 Å². The van der Waals surface area contributed by atoms with Crippen molar-refractivity contribution in [1.29, 1.82) is 0 Å². The molecule has 1 N–H and O–H groups in total. The first-order valence-corrected chi connectivity index (χ1v) is 8.49. The van der Waals surface area contributed by atoms with Gasteiger partial charge in [0.05, 0.1) is 21.7 Å². The predicted octanol–water partition coefficient (Wildman–Crippen LogP) is 5.17. The molecule has 7 nitrogen and oxygen atoms in total. The summed E-state index contributed by atoms with van der Waals surface area (Å²) in [6, 6.07) is 16.8. The number of benzene rings is 3. The largest absolute Gasteiger partial charge is 0.507 e. The van der Waals surface area contributed by atoms with Gasteiger partial charge in [0.1, 0.15) is 11.3 Å². The summed E-state index contributed by atoms with van der Waals surface area (Å²) in [5.41, 5.74) is 3.66. The van der Waals surface area contributed by atoms with Gasteiger partial charge >= 0.3 is 0 Å². The third-order valence-corrected chi connectivity index (χ3v) is 4.24. The molecule has 7 heteroatoms. The number of nitro benzene ring substituents is 1. The first-order chi connectivity index (χ1) is 13.5. The lowest BCUT2D eigenvalue weighted by Gasteiger charge is -2.02. The monoisotopic (exact) mass is 373 g/mol. The number of phenolic OH excluding ortho intramolecular Hbond substituents is 1. The second-order valence-electron chi connectivity index (χ2n) is 6.27. The summed E-state index contributed by atoms with van der Waals surface area (Å²) in [5, 5.41) is 21.5. The van der Waals surface area contributed by atoms with Crippen LogP contribution in [0.3, 0.4) is 0 Å². The Morgan fingerprint density at radius 3 is 2.75 bits per heavy atom. The fraction of sp³-hybridized carbons (Fsp3) is 0.0476. The van der Waals surface area contributed by atoms with Crippen molar-refractivity contribution in [2.24, 2.45) is 4.99 Å². The molecule has 0 aliphatic carbocycles. The normalized spacial score (nSPS) is 11.3. The first kappa shape index (κ1) is 17.4. The zero-order chi connectivity index (χ0) is 19.7. The van der Waals surface area contributed by atoms with Crippen molar-refractivity contribution >= 4 is 28.7 Å². The molecule has 0 saturated heterocycles. The third kappa shape index (κ3) is 3.33. The van der Waals surface area contributed by atoms with Crippen LogP contribution in [-0.2, 0) is 0 Å². The molecular weight excluding hydrogens is 358 g/mol. The van der Waals surface area contributed by atoms with Crippen molar-refractivity contribution < 1.29 is 14.4 Å². The maximum absolute atomic E-state index is 11.1. The molecule has 0 atom stereocenters. The number of hydrogen-bond acceptors (Lipinski definition) is 6. The highest BCUT2D eigenvalue weighted by molar-refractivity contribution is 5.87. The minimum absolute atomic E-state index is 0.0335. The van der Waals surface area contributed by atoms with Gasteiger partial charge in [-0.1, -0.05) is 18.2 Å². The maximum Gasteiger partial charge on any atom is 0.278 e. The number of aliphatic imine (C=N–C) groups is 1. The number of fused-ring (bicyclic) bond motifs is 1. The molecule has 4 rings (SSSR count). The van der Waals surface area contributed by atoms with Gasteiger partial charge in [0, 0.05) is 18.3 Å². The summed E-state index contributed by atoms with van der Waals surface area (Å²) in [4.78, 5) is 19.3. The summed E-state index contributed by atoms with van der Waals surface area (Å²) in [5.74, 6) is 0.271. The number of nitro groups is 1. The molecule has 0 fully saturated rings. The molecule has 0 radical (unpaired) electrons. The Hall–Kier alpha value is -4.00. The van der Waals surface area contributed by atoms with E-state index < -0.39 is 4.92 Å². The molecule has 1 heterocycles. The van der Waals surface area contributed by atoms with E-state index in [2.05, 4.69) is 9.98 Å². The van der Waals surface area contributed by atoms with Gasteiger partial charge in [0.25, 0.3) is 5.69 Å². The Balaban J connectivity index is 1.65. The van der Waals surface area contributed by atoms with Gasteiger partial charge < -0.3 is 9.52 Å². The van der Waals surface area contributed by atoms with E-state index in [1.807, 2.05) is 25.1 Å². The summed E-state index contributed by atoms with van der Waals surface area (Å²) in [7, 11) is 0. The number of rotatable bonds is 4. The Morgan fingerprint density at radius 2 is 1.96 bits per heavy atom. The summed E-state index contributed by atoms with van der Waals surface area (Å²) in [6.45, 7) is 1.97. The average molecular weight is 373 g/mol. The fourth-order valence-electron chi connectivity index (χ4n) is 2.84. The number of hydrogen-bond donors (Lipinski definition) is 1. The van der Waals surface area contributed by atoms with Gasteiger partial charge in [0.15, 0.2) is 5.58 Å². The van der Waals surface area contributed by atoms with E-state index in [1.54, 1.807) is 30.3 Å². The molecule has 4 aromatic rings. The summed E-state index contributed by atoms with van der Waals surface area (Å²) in [6.07, 6.45) is 1.40. The zero-order valence-corrected chi connectivity index (χ0v) is 14.9. The van der Waals surface area contributed by atoms with Crippen LogP contribution in [0.4, 0.5) is 11.4 Å². The van der Waals surface area contributed by atoms with Crippen LogP contribution in [0.15, 0.2) is 70.1 Å². The third-order valence-electron chi connectivity index (χ3n) is 4.24. The zero-order valence-electron chi connectivity index (χ0n) is 14.9. The number of para-hydroxylation sites is 1. The van der Waals surface area contributed by atoms with Crippen LogP contribution in [0, 0.1) is 17.0 Å². The molecule has 0 aliphatic rings. The van der Waals surface area contributed by atoms with E-state index in [0.29, 0.717) is 33.8 Å². The van der Waals surface area contributed by atoms with Gasteiger partial charge in [-0.3, -0.25) is 15.1 Å². The number of phenols is 1. The summed E-state index contributed by atoms with van der Waals surface area (Å²) >= 11 is 0. The molecule has 1 aromatic heterocycles. The van der Waals surface area contributed by atoms with E-state index >= 15 is 0 Å². The number of aromatic hydroxyl groups is 1. The van der Waals surface area contributed by atoms with Crippen molar-refractivity contribution in [3.63, 3.8) is 0 Å². The molecule has 0 aliphatic heterocycles. The lowest BCUT2D eigenvalue weighted by Crippen LogP contribution is -1.93. The molecule has 0 bridgehead atoms. The van der Waals surface area contributed by atoms with Crippen LogP contribution >= 0.6 is 0 Å². The van der Waals surface area contributed by atoms with Crippen LogP contribution in [0.25, 0.3) is 22.6 Å². The number of oxazole rings is 1. The minimum Gasteiger partial charge on any atom is -0.507 e. The lowest BCUT2D eigenvalue weighted by molar-refractivity contribution is -0.385. The Labute approximate surface area is 159 Å². The smallest absolute Gasteiger partial charge is 0.278 e. The molecule has 0 unspecified atom stereocenters. The SMILES string of the molecule is Cc1ccc2oc(-c3ccc(N=Cc4ccccc4[N+](=O)[O-])cc3O)nc2c1. The van der Waals surface area contributed by atoms with E-state index in [1.165, 1.54) is 18.3 Å². The topological polar surface area (TPSA) is 102 Å². The maximum atomic E-state index is 11.1. The highest BCUT2D eigenvalue weighted by Gasteiger charge is 2.13. The van der Waals surface area contributed by atoms with Crippen LogP contribution in [0.1, 0.15) is 11.1 Å². The highest BCUT2D eigenvalue weighted by Crippen LogP contribution is 2.34. The van der Waals surface area contributed by atoms with Crippen LogP contribution in [-0.4, -0.2) is 21.2 Å². The van der Waals surface area contributed by atoms with Gasteiger partial charge in [0.2, 0.25) is 5.89 Å². The molecule has 138 valence electrons. The highest BCUT2D eigenvalue weighted by atomic mass is 16.6. The molecule has 0 amide bonds. The van der Waals surface area contributed by atoms with Gasteiger partial charge in [-0.25, -0.2) is 4.98 Å². The van der Waals surface area contributed by atoms with E-state index in [9.17, 15) is 15.2 Å². The standard InChI is InChI=1S/C21H15N3O4/c1-13-6-9-20-17(10-13)23-21(28-20)16-8-7-15(11-19(16)25)22-12-14-4-2-3-5-18(14)24(26)27/h2-12,25H,1H3. The first-order valence-electron chi connectivity index (χ1n) is 8.49. The number of aromatic nitrogens is 1. The van der Waals surface area contributed by atoms with Gasteiger partial charge in [-0.15, -0.1) is 0 Å². The van der Waals surface area contributed by atoms with Crippen molar-refractivity contribution in [2.75, 3.05) is 0 Å². The predicted molar refractivity (Wildman–Crippen MR) is 106 cm³/mol. The molecule has 0 spiro atoms. The summed E-state index contributed by atoms with van der Waals surface area (Å²) < 4.78 is 5.72. The number of nitrogens with zero attached hydrogens (tertiary/aromatic N) is 3. The molecule has 0 saturated carbocycles. The van der Waals surface area contributed by atoms with Crippen molar-refractivity contribution in [1.82, 2.24) is 4.98 Å². The van der Waals surface area contributed by atoms with Crippen molar-refractivity contribution in [3.8, 4) is 17.2 Å². The number of aryl methyl sites for hydroxylation is 1. The van der Waals surface area contributed by atoms with E-state index in [-0.39, 0.29) is 11.4 Å². The van der Waals surface area contributed by atoms with Crippen LogP contribution < -0.4 is 0 Å². The van der Waals surface area contributed by atoms with Crippen LogP contribution in [0.5, 0.6) is 5.75 Å². The van der Waals surface area contributed by atoms with Crippen LogP contribution in [0.2, 0.25) is 0 Å². The second-order valence-corrected chi connectivity index (χ2v) is 6.27. The lowest BCUT2D eigenvalue weighted by atomic mass is 10.1. The minimum atomic E-state index is -0.461. The quantitative estimate of drug-likeness (QED) is 0.302. The van der Waals surface area contributed by atoms with E-state index in [0.717, 1.165) is 5.56 Å². The molecule has 3 aromatic carbocycles. The Morgan fingerprint density at radius 1 is 1.14 bits per heavy atom. The average Bonchev–Trinajstić information content (AvgIpc) is 3.09. The molecular formula is C21H15N3O4.